The van der Waals surface area contributed by atoms with E-state index in [0.717, 1.165) is 32.5 Å². The number of urea groups is 1. The molecular weight excluding hydrogens is 226 g/mol. The molecule has 2 aliphatic rings. The standard InChI is InChI=1S/C14H19N3O/c18-14-16-10-13(11-4-2-1-3-5-11)17(14)12-6-8-15-9-7-12/h1-5,12-13,15H,6-10H2,(H,16,18)/t13-/m0/s1. The number of carbonyl (C=O) groups excluding carboxylic acids is 1. The van der Waals surface area contributed by atoms with E-state index >= 15 is 0 Å². The zero-order valence-electron chi connectivity index (χ0n) is 10.4. The number of nitrogens with one attached hydrogen (secondary N) is 2. The second kappa shape index (κ2) is 4.98. The summed E-state index contributed by atoms with van der Waals surface area (Å²) in [5.74, 6) is 0. The Morgan fingerprint density at radius 2 is 1.83 bits per heavy atom. The van der Waals surface area contributed by atoms with E-state index in [2.05, 4.69) is 27.7 Å². The fourth-order valence-corrected chi connectivity index (χ4v) is 2.97. The molecule has 0 unspecified atom stereocenters. The highest BCUT2D eigenvalue weighted by Crippen LogP contribution is 2.29. The average Bonchev–Trinajstić information content (AvgIpc) is 2.83. The second-order valence-electron chi connectivity index (χ2n) is 5.00. The molecule has 0 saturated carbocycles. The predicted octanol–water partition coefficient (Wildman–Crippen LogP) is 1.50. The number of hydrogen-bond acceptors (Lipinski definition) is 2. The van der Waals surface area contributed by atoms with Gasteiger partial charge < -0.3 is 15.5 Å². The van der Waals surface area contributed by atoms with E-state index in [-0.39, 0.29) is 12.1 Å². The molecular formula is C14H19N3O. The van der Waals surface area contributed by atoms with Gasteiger partial charge in [0.05, 0.1) is 6.04 Å². The number of rotatable bonds is 2. The highest BCUT2D eigenvalue weighted by atomic mass is 16.2. The summed E-state index contributed by atoms with van der Waals surface area (Å²) in [6.07, 6.45) is 2.10. The van der Waals surface area contributed by atoms with Crippen molar-refractivity contribution in [3.63, 3.8) is 0 Å². The molecule has 18 heavy (non-hydrogen) atoms. The molecule has 2 fully saturated rings. The van der Waals surface area contributed by atoms with Crippen molar-refractivity contribution in [3.8, 4) is 0 Å². The lowest BCUT2D eigenvalue weighted by atomic mass is 10.0. The molecule has 1 atom stereocenters. The van der Waals surface area contributed by atoms with Gasteiger partial charge in [-0.3, -0.25) is 0 Å². The van der Waals surface area contributed by atoms with Gasteiger partial charge in [-0.15, -0.1) is 0 Å². The first kappa shape index (κ1) is 11.5. The van der Waals surface area contributed by atoms with Crippen molar-refractivity contribution in [1.82, 2.24) is 15.5 Å². The molecule has 0 bridgehead atoms. The number of hydrogen-bond donors (Lipinski definition) is 2. The molecule has 1 aromatic rings. The summed E-state index contributed by atoms with van der Waals surface area (Å²) in [7, 11) is 0. The van der Waals surface area contributed by atoms with Crippen molar-refractivity contribution in [2.45, 2.75) is 24.9 Å². The van der Waals surface area contributed by atoms with Crippen molar-refractivity contribution in [3.05, 3.63) is 35.9 Å². The third kappa shape index (κ3) is 2.08. The first-order chi connectivity index (χ1) is 8.86. The zero-order chi connectivity index (χ0) is 12.4. The quantitative estimate of drug-likeness (QED) is 0.829. The van der Waals surface area contributed by atoms with Gasteiger partial charge in [0, 0.05) is 12.6 Å². The molecule has 2 heterocycles. The molecule has 0 spiro atoms. The Hall–Kier alpha value is -1.55. The predicted molar refractivity (Wildman–Crippen MR) is 70.3 cm³/mol. The van der Waals surface area contributed by atoms with Crippen LogP contribution >= 0.6 is 0 Å². The summed E-state index contributed by atoms with van der Waals surface area (Å²) < 4.78 is 0. The number of nitrogens with zero attached hydrogens (tertiary/aromatic N) is 1. The monoisotopic (exact) mass is 245 g/mol. The van der Waals surface area contributed by atoms with E-state index < -0.39 is 0 Å². The fourth-order valence-electron chi connectivity index (χ4n) is 2.97. The first-order valence-corrected chi connectivity index (χ1v) is 6.68. The van der Waals surface area contributed by atoms with Gasteiger partial charge in [-0.05, 0) is 31.5 Å². The molecule has 3 rings (SSSR count). The second-order valence-corrected chi connectivity index (χ2v) is 5.00. The smallest absolute Gasteiger partial charge is 0.318 e. The number of piperidine rings is 1. The van der Waals surface area contributed by atoms with Crippen LogP contribution in [-0.4, -0.2) is 36.6 Å². The van der Waals surface area contributed by atoms with Crippen LogP contribution in [0.3, 0.4) is 0 Å². The van der Waals surface area contributed by atoms with E-state index in [1.54, 1.807) is 0 Å². The molecule has 4 heteroatoms. The van der Waals surface area contributed by atoms with Gasteiger partial charge in [0.1, 0.15) is 0 Å². The van der Waals surface area contributed by atoms with Crippen molar-refractivity contribution in [1.29, 1.82) is 0 Å². The maximum absolute atomic E-state index is 12.1. The van der Waals surface area contributed by atoms with Crippen LogP contribution in [0.25, 0.3) is 0 Å². The lowest BCUT2D eigenvalue weighted by Crippen LogP contribution is -2.45. The van der Waals surface area contributed by atoms with Crippen LogP contribution in [0.15, 0.2) is 30.3 Å². The Morgan fingerprint density at radius 3 is 2.56 bits per heavy atom. The Labute approximate surface area is 107 Å². The van der Waals surface area contributed by atoms with E-state index in [4.69, 9.17) is 0 Å². The Kier molecular flexibility index (Phi) is 3.19. The van der Waals surface area contributed by atoms with Gasteiger partial charge in [-0.25, -0.2) is 4.79 Å². The van der Waals surface area contributed by atoms with Crippen LogP contribution in [0.5, 0.6) is 0 Å². The third-order valence-corrected chi connectivity index (χ3v) is 3.90. The molecule has 1 aromatic carbocycles. The molecule has 96 valence electrons. The summed E-state index contributed by atoms with van der Waals surface area (Å²) in [5.41, 5.74) is 1.23. The Bertz CT molecular complexity index is 414. The minimum absolute atomic E-state index is 0.0933. The molecule has 0 aliphatic carbocycles. The van der Waals surface area contributed by atoms with Crippen LogP contribution in [0.1, 0.15) is 24.4 Å². The van der Waals surface area contributed by atoms with Crippen molar-refractivity contribution < 1.29 is 4.79 Å². The summed E-state index contributed by atoms with van der Waals surface area (Å²) in [5, 5.41) is 6.33. The third-order valence-electron chi connectivity index (χ3n) is 3.90. The number of benzene rings is 1. The molecule has 2 amide bonds. The number of carbonyl (C=O) groups is 1. The molecule has 2 aliphatic heterocycles. The van der Waals surface area contributed by atoms with Crippen molar-refractivity contribution >= 4 is 6.03 Å². The van der Waals surface area contributed by atoms with Gasteiger partial charge in [-0.1, -0.05) is 30.3 Å². The molecule has 4 nitrogen and oxygen atoms in total. The summed E-state index contributed by atoms with van der Waals surface area (Å²) in [6.45, 7) is 2.75. The van der Waals surface area contributed by atoms with Crippen LogP contribution in [0, 0.1) is 0 Å². The van der Waals surface area contributed by atoms with Gasteiger partial charge >= 0.3 is 6.03 Å². The van der Waals surface area contributed by atoms with Gasteiger partial charge in [0.15, 0.2) is 0 Å². The Balaban J connectivity index is 1.83. The molecule has 0 aromatic heterocycles. The summed E-state index contributed by atoms with van der Waals surface area (Å²) in [6, 6.07) is 11.0. The zero-order valence-corrected chi connectivity index (χ0v) is 10.4. The highest BCUT2D eigenvalue weighted by Gasteiger charge is 2.37. The summed E-state index contributed by atoms with van der Waals surface area (Å²) in [4.78, 5) is 14.1. The highest BCUT2D eigenvalue weighted by molar-refractivity contribution is 5.77. The van der Waals surface area contributed by atoms with E-state index in [0.29, 0.717) is 6.04 Å². The van der Waals surface area contributed by atoms with Crippen molar-refractivity contribution in [2.24, 2.45) is 0 Å². The maximum Gasteiger partial charge on any atom is 0.318 e. The lowest BCUT2D eigenvalue weighted by molar-refractivity contribution is 0.157. The van der Waals surface area contributed by atoms with Crippen LogP contribution in [-0.2, 0) is 0 Å². The minimum Gasteiger partial charge on any atom is -0.336 e. The van der Waals surface area contributed by atoms with E-state index in [1.807, 2.05) is 18.2 Å². The van der Waals surface area contributed by atoms with Gasteiger partial charge in [0.2, 0.25) is 0 Å². The normalized spacial score (nSPS) is 25.2. The molecule has 0 radical (unpaired) electrons. The minimum atomic E-state index is 0.0933. The largest absolute Gasteiger partial charge is 0.336 e. The van der Waals surface area contributed by atoms with Crippen LogP contribution < -0.4 is 10.6 Å². The summed E-state index contributed by atoms with van der Waals surface area (Å²) >= 11 is 0. The van der Waals surface area contributed by atoms with Gasteiger partial charge in [-0.2, -0.15) is 0 Å². The van der Waals surface area contributed by atoms with Crippen LogP contribution in [0.4, 0.5) is 4.79 Å². The Morgan fingerprint density at radius 1 is 1.11 bits per heavy atom. The topological polar surface area (TPSA) is 44.4 Å². The van der Waals surface area contributed by atoms with E-state index in [1.165, 1.54) is 5.56 Å². The lowest BCUT2D eigenvalue weighted by Gasteiger charge is -2.35. The molecule has 2 saturated heterocycles. The average molecular weight is 245 g/mol. The number of amides is 2. The maximum atomic E-state index is 12.1. The van der Waals surface area contributed by atoms with Crippen molar-refractivity contribution in [2.75, 3.05) is 19.6 Å². The molecule has 2 N–H and O–H groups in total. The SMILES string of the molecule is O=C1NC[C@@H](c2ccccc2)N1C1CCNCC1. The fraction of sp³-hybridized carbons (Fsp3) is 0.500. The van der Waals surface area contributed by atoms with Crippen LogP contribution in [0.2, 0.25) is 0 Å². The first-order valence-electron chi connectivity index (χ1n) is 6.68. The van der Waals surface area contributed by atoms with E-state index in [9.17, 15) is 4.79 Å². The van der Waals surface area contributed by atoms with Gasteiger partial charge in [0.25, 0.3) is 0 Å².